The van der Waals surface area contributed by atoms with Gasteiger partial charge in [-0.1, -0.05) is 44.2 Å². The number of aryl methyl sites for hydroxylation is 1. The van der Waals surface area contributed by atoms with Gasteiger partial charge >= 0.3 is 0 Å². The number of hydrogen-bond acceptors (Lipinski definition) is 4. The van der Waals surface area contributed by atoms with Crippen LogP contribution in [-0.4, -0.2) is 26.6 Å². The average molecular weight is 395 g/mol. The number of hydrogen-bond donors (Lipinski definition) is 1. The van der Waals surface area contributed by atoms with Crippen LogP contribution < -0.4 is 10.9 Å². The maximum Gasteiger partial charge on any atom is 0.291 e. The Morgan fingerprint density at radius 1 is 1.21 bits per heavy atom. The highest BCUT2D eigenvalue weighted by Gasteiger charge is 2.16. The van der Waals surface area contributed by atoms with Crippen molar-refractivity contribution in [3.8, 4) is 0 Å². The van der Waals surface area contributed by atoms with Crippen LogP contribution in [0, 0.1) is 0 Å². The van der Waals surface area contributed by atoms with E-state index in [0.717, 1.165) is 16.0 Å². The smallest absolute Gasteiger partial charge is 0.291 e. The Morgan fingerprint density at radius 2 is 2.00 bits per heavy atom. The van der Waals surface area contributed by atoms with Gasteiger partial charge in [0, 0.05) is 13.0 Å². The third-order valence-corrected chi connectivity index (χ3v) is 5.81. The minimum Gasteiger partial charge on any atom is -0.354 e. The molecule has 3 aromatic heterocycles. The molecular weight excluding hydrogens is 372 g/mol. The molecule has 0 spiro atoms. The number of nitrogens with one attached hydrogen (secondary N) is 1. The molecule has 4 rings (SSSR count). The summed E-state index contributed by atoms with van der Waals surface area (Å²) in [6.07, 6.45) is 0.670. The van der Waals surface area contributed by atoms with Gasteiger partial charge in [0.25, 0.3) is 5.56 Å². The molecule has 7 heteroatoms. The van der Waals surface area contributed by atoms with Crippen LogP contribution in [0.4, 0.5) is 0 Å². The Bertz CT molecular complexity index is 1190. The van der Waals surface area contributed by atoms with Crippen LogP contribution in [-0.2, 0) is 17.8 Å². The number of carbonyl (C=O) groups is 1. The Hall–Kier alpha value is -2.93. The molecule has 0 aliphatic carbocycles. The lowest BCUT2D eigenvalue weighted by Gasteiger charge is -2.14. The lowest BCUT2D eigenvalue weighted by molar-refractivity contribution is -0.121. The normalized spacial score (nSPS) is 12.5. The predicted octanol–water partition coefficient (Wildman–Crippen LogP) is 3.19. The molecule has 3 heterocycles. The van der Waals surface area contributed by atoms with Gasteiger partial charge in [0.05, 0.1) is 10.2 Å². The summed E-state index contributed by atoms with van der Waals surface area (Å²) < 4.78 is 4.23. The molecule has 0 fully saturated rings. The van der Waals surface area contributed by atoms with Crippen LogP contribution in [0.1, 0.15) is 31.2 Å². The van der Waals surface area contributed by atoms with Crippen molar-refractivity contribution in [3.63, 3.8) is 0 Å². The number of nitrogens with zero attached hydrogens (tertiary/aromatic N) is 3. The molecule has 1 unspecified atom stereocenters. The van der Waals surface area contributed by atoms with Crippen LogP contribution in [0.2, 0.25) is 0 Å². The van der Waals surface area contributed by atoms with Crippen molar-refractivity contribution in [2.75, 3.05) is 6.54 Å². The molecule has 0 aliphatic heterocycles. The fourth-order valence-corrected chi connectivity index (χ4v) is 4.22. The third kappa shape index (κ3) is 3.33. The van der Waals surface area contributed by atoms with E-state index >= 15 is 0 Å². The van der Waals surface area contributed by atoms with Crippen molar-refractivity contribution in [2.24, 2.45) is 0 Å². The van der Waals surface area contributed by atoms with E-state index in [-0.39, 0.29) is 23.9 Å². The predicted molar refractivity (Wildman–Crippen MR) is 112 cm³/mol. The van der Waals surface area contributed by atoms with Crippen LogP contribution >= 0.6 is 11.3 Å². The summed E-state index contributed by atoms with van der Waals surface area (Å²) in [7, 11) is 0. The van der Waals surface area contributed by atoms with Crippen molar-refractivity contribution in [1.29, 1.82) is 0 Å². The van der Waals surface area contributed by atoms with Gasteiger partial charge in [-0.15, -0.1) is 11.3 Å². The zero-order valence-corrected chi connectivity index (χ0v) is 16.7. The first-order valence-electron chi connectivity index (χ1n) is 9.38. The number of thiophene rings is 1. The maximum absolute atomic E-state index is 12.9. The monoisotopic (exact) mass is 394 g/mol. The van der Waals surface area contributed by atoms with Gasteiger partial charge in [0.1, 0.15) is 17.9 Å². The fraction of sp³-hybridized carbons (Fsp3) is 0.286. The van der Waals surface area contributed by atoms with Crippen molar-refractivity contribution >= 4 is 33.0 Å². The lowest BCUT2D eigenvalue weighted by Crippen LogP contribution is -2.36. The number of rotatable bonds is 6. The minimum absolute atomic E-state index is 0.0807. The van der Waals surface area contributed by atoms with Crippen LogP contribution in [0.15, 0.2) is 52.6 Å². The molecule has 0 radical (unpaired) electrons. The second-order valence-electron chi connectivity index (χ2n) is 6.88. The first-order valence-corrected chi connectivity index (χ1v) is 10.3. The molecule has 4 aromatic rings. The van der Waals surface area contributed by atoms with Gasteiger partial charge in [-0.2, -0.15) is 5.10 Å². The summed E-state index contributed by atoms with van der Waals surface area (Å²) in [4.78, 5) is 25.3. The summed E-state index contributed by atoms with van der Waals surface area (Å²) in [6.45, 7) is 4.50. The van der Waals surface area contributed by atoms with Gasteiger partial charge in [0.2, 0.25) is 5.91 Å². The Balaban J connectivity index is 1.55. The van der Waals surface area contributed by atoms with E-state index in [2.05, 4.69) is 17.3 Å². The van der Waals surface area contributed by atoms with Crippen molar-refractivity contribution < 1.29 is 4.79 Å². The molecule has 144 valence electrons. The number of benzene rings is 1. The quantitative estimate of drug-likeness (QED) is 0.546. The van der Waals surface area contributed by atoms with Gasteiger partial charge in [-0.3, -0.25) is 14.0 Å². The standard InChI is InChI=1S/C21H22N4O2S/c1-3-19-23-24(21(27)17-11-18-16(25(17)19)9-10-28-18)13-20(26)22-12-14(2)15-7-5-4-6-8-15/h4-11,14H,3,12-13H2,1-2H3,(H,22,26). The summed E-state index contributed by atoms with van der Waals surface area (Å²) in [5.74, 6) is 0.756. The van der Waals surface area contributed by atoms with Gasteiger partial charge < -0.3 is 5.32 Å². The topological polar surface area (TPSA) is 68.4 Å². The molecule has 6 nitrogen and oxygen atoms in total. The number of carbonyl (C=O) groups excluding carboxylic acids is 1. The largest absolute Gasteiger partial charge is 0.354 e. The van der Waals surface area contributed by atoms with Crippen molar-refractivity contribution in [2.45, 2.75) is 32.7 Å². The highest BCUT2D eigenvalue weighted by atomic mass is 32.1. The summed E-state index contributed by atoms with van der Waals surface area (Å²) in [6, 6.07) is 13.9. The van der Waals surface area contributed by atoms with E-state index in [0.29, 0.717) is 18.5 Å². The van der Waals surface area contributed by atoms with Crippen molar-refractivity contribution in [1.82, 2.24) is 19.5 Å². The van der Waals surface area contributed by atoms with Gasteiger partial charge in [0.15, 0.2) is 0 Å². The van der Waals surface area contributed by atoms with E-state index in [4.69, 9.17) is 0 Å². The van der Waals surface area contributed by atoms with E-state index < -0.39 is 0 Å². The van der Waals surface area contributed by atoms with E-state index in [1.807, 2.05) is 59.2 Å². The molecule has 0 bridgehead atoms. The molecule has 1 aromatic carbocycles. The Kier molecular flexibility index (Phi) is 5.00. The zero-order valence-electron chi connectivity index (χ0n) is 15.9. The second kappa shape index (κ2) is 7.59. The Labute approximate surface area is 166 Å². The van der Waals surface area contributed by atoms with E-state index in [9.17, 15) is 9.59 Å². The molecule has 0 saturated carbocycles. The molecular formula is C21H22N4O2S. The van der Waals surface area contributed by atoms with E-state index in [1.54, 1.807) is 11.3 Å². The van der Waals surface area contributed by atoms with Crippen LogP contribution in [0.25, 0.3) is 15.7 Å². The first kappa shape index (κ1) is 18.4. The summed E-state index contributed by atoms with van der Waals surface area (Å²) in [5, 5.41) is 9.38. The first-order chi connectivity index (χ1) is 13.6. The molecule has 28 heavy (non-hydrogen) atoms. The van der Waals surface area contributed by atoms with E-state index in [1.165, 1.54) is 10.2 Å². The van der Waals surface area contributed by atoms with Crippen LogP contribution in [0.3, 0.4) is 0 Å². The third-order valence-electron chi connectivity index (χ3n) is 4.95. The number of fused-ring (bicyclic) bond motifs is 3. The zero-order chi connectivity index (χ0) is 19.7. The second-order valence-corrected chi connectivity index (χ2v) is 7.83. The summed E-state index contributed by atoms with van der Waals surface area (Å²) >= 11 is 1.59. The number of amides is 1. The molecule has 0 saturated heterocycles. The number of aromatic nitrogens is 3. The Morgan fingerprint density at radius 3 is 2.75 bits per heavy atom. The highest BCUT2D eigenvalue weighted by molar-refractivity contribution is 7.17. The van der Waals surface area contributed by atoms with Crippen molar-refractivity contribution in [3.05, 3.63) is 69.6 Å². The van der Waals surface area contributed by atoms with Gasteiger partial charge in [-0.05, 0) is 29.0 Å². The molecule has 1 amide bonds. The maximum atomic E-state index is 12.9. The fourth-order valence-electron chi connectivity index (χ4n) is 3.42. The van der Waals surface area contributed by atoms with Gasteiger partial charge in [-0.25, -0.2) is 4.68 Å². The molecule has 1 N–H and O–H groups in total. The highest BCUT2D eigenvalue weighted by Crippen LogP contribution is 2.24. The molecule has 0 aliphatic rings. The lowest BCUT2D eigenvalue weighted by atomic mass is 10.0. The summed E-state index contributed by atoms with van der Waals surface area (Å²) in [5.41, 5.74) is 2.49. The average Bonchev–Trinajstić information content (AvgIpc) is 3.31. The van der Waals surface area contributed by atoms with Crippen LogP contribution in [0.5, 0.6) is 0 Å². The SMILES string of the molecule is CCc1nn(CC(=O)NCC(C)c2ccccc2)c(=O)c2cc3sccc3n12. The minimum atomic E-state index is -0.244. The molecule has 1 atom stereocenters.